The number of amides is 2. The number of para-hydroxylation sites is 1. The summed E-state index contributed by atoms with van der Waals surface area (Å²) in [5, 5.41) is 1.67. The van der Waals surface area contributed by atoms with E-state index >= 15 is 0 Å². The summed E-state index contributed by atoms with van der Waals surface area (Å²) in [4.78, 5) is 35.0. The van der Waals surface area contributed by atoms with Gasteiger partial charge in [0, 0.05) is 42.8 Å². The molecule has 0 unspecified atom stereocenters. The predicted octanol–water partition coefficient (Wildman–Crippen LogP) is 4.66. The Labute approximate surface area is 215 Å². The number of fused-ring (bicyclic) bond motifs is 1. The Morgan fingerprint density at radius 2 is 1.81 bits per heavy atom. The van der Waals surface area contributed by atoms with Gasteiger partial charge in [-0.25, -0.2) is 4.99 Å². The summed E-state index contributed by atoms with van der Waals surface area (Å²) in [6, 6.07) is 12.2. The van der Waals surface area contributed by atoms with Gasteiger partial charge in [-0.05, 0) is 55.8 Å². The van der Waals surface area contributed by atoms with Crippen LogP contribution in [0.25, 0.3) is 17.0 Å². The normalized spacial score (nSPS) is 18.7. The zero-order valence-corrected chi connectivity index (χ0v) is 21.9. The minimum Gasteiger partial charge on any atom is -0.378 e. The van der Waals surface area contributed by atoms with E-state index in [-0.39, 0.29) is 18.4 Å². The van der Waals surface area contributed by atoms with E-state index in [1.807, 2.05) is 59.9 Å². The summed E-state index contributed by atoms with van der Waals surface area (Å²) in [7, 11) is 1.76. The summed E-state index contributed by atoms with van der Waals surface area (Å²) in [6.07, 6.45) is 3.88. The van der Waals surface area contributed by atoms with E-state index in [1.54, 1.807) is 11.9 Å². The Balaban J connectivity index is 1.46. The molecule has 2 aliphatic rings. The Bertz CT molecular complexity index is 1390. The Morgan fingerprint density at radius 1 is 1.11 bits per heavy atom. The number of aliphatic imine (C=N–C) groups is 1. The van der Waals surface area contributed by atoms with Gasteiger partial charge in [0.25, 0.3) is 5.91 Å². The van der Waals surface area contributed by atoms with E-state index in [1.165, 1.54) is 17.3 Å². The number of aromatic nitrogens is 1. The van der Waals surface area contributed by atoms with Crippen molar-refractivity contribution < 1.29 is 14.3 Å². The quantitative estimate of drug-likeness (QED) is 0.487. The van der Waals surface area contributed by atoms with Gasteiger partial charge in [0.05, 0.1) is 23.8 Å². The van der Waals surface area contributed by atoms with Gasteiger partial charge in [0.1, 0.15) is 6.54 Å². The standard InChI is InChI=1S/C28H30N4O3S/c1-18-13-19(2)26(20(3)14-18)29-28-30(4)27(34)24(36-28)15-21-16-32(23-8-6-5-7-22(21)23)17-25(33)31-9-11-35-12-10-31/h5-8,13-16H,9-12,17H2,1-4H3/b24-15-,29-28?. The van der Waals surface area contributed by atoms with Crippen LogP contribution in [0.5, 0.6) is 0 Å². The monoisotopic (exact) mass is 502 g/mol. The summed E-state index contributed by atoms with van der Waals surface area (Å²) in [5.74, 6) is -0.00930. The van der Waals surface area contributed by atoms with Crippen molar-refractivity contribution in [2.75, 3.05) is 33.4 Å². The fourth-order valence-corrected chi connectivity index (χ4v) is 5.78. The van der Waals surface area contributed by atoms with Crippen molar-refractivity contribution >= 4 is 51.4 Å². The smallest absolute Gasteiger partial charge is 0.266 e. The zero-order chi connectivity index (χ0) is 25.4. The molecule has 0 saturated carbocycles. The number of ether oxygens (including phenoxy) is 1. The van der Waals surface area contributed by atoms with E-state index in [9.17, 15) is 9.59 Å². The molecule has 186 valence electrons. The third-order valence-corrected chi connectivity index (χ3v) is 7.68. The minimum atomic E-state index is -0.0811. The molecule has 2 fully saturated rings. The van der Waals surface area contributed by atoms with Crippen LogP contribution >= 0.6 is 11.8 Å². The first-order chi connectivity index (χ1) is 17.3. The molecule has 2 amide bonds. The average molecular weight is 503 g/mol. The van der Waals surface area contributed by atoms with Gasteiger partial charge in [0.15, 0.2) is 5.17 Å². The van der Waals surface area contributed by atoms with Gasteiger partial charge < -0.3 is 14.2 Å². The predicted molar refractivity (Wildman–Crippen MR) is 145 cm³/mol. The highest BCUT2D eigenvalue weighted by molar-refractivity contribution is 8.18. The zero-order valence-electron chi connectivity index (χ0n) is 21.1. The Morgan fingerprint density at radius 3 is 2.53 bits per heavy atom. The number of carbonyl (C=O) groups excluding carboxylic acids is 2. The number of hydrogen-bond acceptors (Lipinski definition) is 5. The molecule has 0 bridgehead atoms. The number of rotatable bonds is 4. The van der Waals surface area contributed by atoms with E-state index < -0.39 is 0 Å². The van der Waals surface area contributed by atoms with Crippen LogP contribution in [0.1, 0.15) is 22.3 Å². The van der Waals surface area contributed by atoms with Crippen molar-refractivity contribution in [1.29, 1.82) is 0 Å². The molecule has 2 aromatic carbocycles. The van der Waals surface area contributed by atoms with Crippen molar-refractivity contribution in [2.24, 2.45) is 4.99 Å². The fraction of sp³-hybridized carbons (Fsp3) is 0.321. The van der Waals surface area contributed by atoms with Crippen molar-refractivity contribution in [3.8, 4) is 0 Å². The largest absolute Gasteiger partial charge is 0.378 e. The van der Waals surface area contributed by atoms with E-state index in [2.05, 4.69) is 19.1 Å². The minimum absolute atomic E-state index is 0.0718. The number of carbonyl (C=O) groups is 2. The van der Waals surface area contributed by atoms with Gasteiger partial charge in [-0.2, -0.15) is 0 Å². The molecule has 0 aliphatic carbocycles. The van der Waals surface area contributed by atoms with Crippen molar-refractivity contribution in [2.45, 2.75) is 27.3 Å². The van der Waals surface area contributed by atoms with Crippen LogP contribution in [0.3, 0.4) is 0 Å². The lowest BCUT2D eigenvalue weighted by atomic mass is 10.1. The first kappa shape index (κ1) is 24.3. The lowest BCUT2D eigenvalue weighted by Crippen LogP contribution is -2.42. The maximum Gasteiger partial charge on any atom is 0.266 e. The van der Waals surface area contributed by atoms with Crippen LogP contribution in [0.2, 0.25) is 0 Å². The molecule has 5 rings (SSSR count). The summed E-state index contributed by atoms with van der Waals surface area (Å²) in [5.41, 5.74) is 6.16. The van der Waals surface area contributed by atoms with E-state index in [0.717, 1.165) is 33.3 Å². The van der Waals surface area contributed by atoms with Crippen LogP contribution in [0.4, 0.5) is 5.69 Å². The summed E-state index contributed by atoms with van der Waals surface area (Å²) in [6.45, 7) is 8.81. The molecule has 0 N–H and O–H groups in total. The molecular formula is C28H30N4O3S. The molecule has 0 spiro atoms. The number of amidine groups is 1. The molecule has 0 radical (unpaired) electrons. The van der Waals surface area contributed by atoms with Crippen molar-refractivity contribution in [3.63, 3.8) is 0 Å². The van der Waals surface area contributed by atoms with Crippen molar-refractivity contribution in [3.05, 3.63) is 69.8 Å². The van der Waals surface area contributed by atoms with Gasteiger partial charge in [-0.3, -0.25) is 14.5 Å². The van der Waals surface area contributed by atoms with Gasteiger partial charge >= 0.3 is 0 Å². The molecule has 3 aromatic rings. The fourth-order valence-electron chi connectivity index (χ4n) is 4.82. The molecule has 2 saturated heterocycles. The third kappa shape index (κ3) is 4.70. The Hall–Kier alpha value is -3.36. The van der Waals surface area contributed by atoms with Gasteiger partial charge in [-0.1, -0.05) is 35.9 Å². The molecule has 1 aromatic heterocycles. The van der Waals surface area contributed by atoms with E-state index in [4.69, 9.17) is 9.73 Å². The van der Waals surface area contributed by atoms with Crippen LogP contribution in [0.15, 0.2) is 52.5 Å². The molecule has 36 heavy (non-hydrogen) atoms. The maximum atomic E-state index is 13.1. The number of morpholine rings is 1. The Kier molecular flexibility index (Phi) is 6.73. The molecular weight excluding hydrogens is 472 g/mol. The summed E-state index contributed by atoms with van der Waals surface area (Å²) < 4.78 is 7.35. The highest BCUT2D eigenvalue weighted by Gasteiger charge is 2.31. The van der Waals surface area contributed by atoms with Gasteiger partial charge in [-0.15, -0.1) is 0 Å². The second-order valence-electron chi connectivity index (χ2n) is 9.34. The van der Waals surface area contributed by atoms with E-state index in [0.29, 0.717) is 36.4 Å². The highest BCUT2D eigenvalue weighted by atomic mass is 32.2. The lowest BCUT2D eigenvalue weighted by molar-refractivity contribution is -0.135. The first-order valence-electron chi connectivity index (χ1n) is 12.1. The number of likely N-dealkylation sites (N-methyl/N-ethyl adjacent to an activating group) is 1. The lowest BCUT2D eigenvalue weighted by Gasteiger charge is -2.27. The second kappa shape index (κ2) is 9.95. The topological polar surface area (TPSA) is 67.1 Å². The molecule has 7 nitrogen and oxygen atoms in total. The van der Waals surface area contributed by atoms with Crippen LogP contribution in [0, 0.1) is 20.8 Å². The van der Waals surface area contributed by atoms with Gasteiger partial charge in [0.2, 0.25) is 5.91 Å². The number of nitrogens with zero attached hydrogens (tertiary/aromatic N) is 4. The molecule has 0 atom stereocenters. The SMILES string of the molecule is Cc1cc(C)c(N=C2S/C(=C\c3cn(CC(=O)N4CCOCC4)c4ccccc34)C(=O)N2C)c(C)c1. The maximum absolute atomic E-state index is 13.1. The van der Waals surface area contributed by atoms with Crippen LogP contribution in [-0.2, 0) is 20.9 Å². The number of thioether (sulfide) groups is 1. The van der Waals surface area contributed by atoms with Crippen LogP contribution in [-0.4, -0.2) is 64.7 Å². The molecule has 8 heteroatoms. The molecule has 2 aliphatic heterocycles. The highest BCUT2D eigenvalue weighted by Crippen LogP contribution is 2.36. The number of aryl methyl sites for hydroxylation is 3. The second-order valence-corrected chi connectivity index (χ2v) is 10.3. The van der Waals surface area contributed by atoms with Crippen LogP contribution < -0.4 is 0 Å². The summed E-state index contributed by atoms with van der Waals surface area (Å²) >= 11 is 1.38. The first-order valence-corrected chi connectivity index (χ1v) is 12.9. The molecule has 3 heterocycles. The number of hydrogen-bond donors (Lipinski definition) is 0. The van der Waals surface area contributed by atoms with Crippen molar-refractivity contribution in [1.82, 2.24) is 14.4 Å². The number of benzene rings is 2. The third-order valence-electron chi connectivity index (χ3n) is 6.62. The average Bonchev–Trinajstić information content (AvgIpc) is 3.34.